The second-order valence-electron chi connectivity index (χ2n) is 10.8. The molecule has 2 fully saturated rings. The molecule has 2 heterocycles. The Morgan fingerprint density at radius 3 is 2.74 bits per heavy atom. The number of nitrogens with zero attached hydrogens (tertiary/aromatic N) is 2. The van der Waals surface area contributed by atoms with E-state index in [0.29, 0.717) is 18.4 Å². The number of esters is 1. The summed E-state index contributed by atoms with van der Waals surface area (Å²) in [7, 11) is 0. The third-order valence-electron chi connectivity index (χ3n) is 7.89. The molecule has 35 heavy (non-hydrogen) atoms. The standard InChI is InChI=1S/C28H36N2O4S/c1-4-33-22(31)18-35-26-29-24-21-11-7-6-10-19(21)16-28(13-8-5-9-14-28)23(24)25(32)30(26)20-12-15-34-27(2,3)17-20/h6-7,10-11,20H,4-5,8-9,12-18H2,1-3H3. The molecule has 1 aromatic heterocycles. The molecule has 1 saturated heterocycles. The monoisotopic (exact) mass is 496 g/mol. The van der Waals surface area contributed by atoms with Crippen LogP contribution in [0.25, 0.3) is 11.3 Å². The van der Waals surface area contributed by atoms with Crippen LogP contribution >= 0.6 is 11.8 Å². The van der Waals surface area contributed by atoms with Crippen LogP contribution < -0.4 is 5.56 Å². The van der Waals surface area contributed by atoms with Crippen molar-refractivity contribution in [3.8, 4) is 11.3 Å². The molecule has 7 heteroatoms. The minimum Gasteiger partial charge on any atom is -0.465 e. The van der Waals surface area contributed by atoms with E-state index in [1.165, 1.54) is 23.7 Å². The molecular weight excluding hydrogens is 460 g/mol. The molecule has 3 aliphatic rings. The van der Waals surface area contributed by atoms with Crippen molar-refractivity contribution < 1.29 is 14.3 Å². The van der Waals surface area contributed by atoms with Gasteiger partial charge in [-0.1, -0.05) is 55.3 Å². The maximum absolute atomic E-state index is 14.6. The normalized spacial score (nSPS) is 22.3. The number of carbonyl (C=O) groups excluding carboxylic acids is 1. The van der Waals surface area contributed by atoms with Gasteiger partial charge in [-0.2, -0.15) is 0 Å². The number of rotatable bonds is 5. The average Bonchev–Trinajstić information content (AvgIpc) is 2.82. The summed E-state index contributed by atoms with van der Waals surface area (Å²) in [5.74, 6) is -0.147. The Labute approximate surface area is 211 Å². The van der Waals surface area contributed by atoms with Gasteiger partial charge in [0.1, 0.15) is 0 Å². The Bertz CT molecular complexity index is 1170. The van der Waals surface area contributed by atoms with Crippen molar-refractivity contribution in [2.24, 2.45) is 0 Å². The van der Waals surface area contributed by atoms with Crippen LogP contribution in [0.3, 0.4) is 0 Å². The largest absolute Gasteiger partial charge is 0.465 e. The van der Waals surface area contributed by atoms with Crippen molar-refractivity contribution in [3.05, 3.63) is 45.7 Å². The molecular formula is C28H36N2O4S. The lowest BCUT2D eigenvalue weighted by molar-refractivity contribution is -0.139. The van der Waals surface area contributed by atoms with Crippen LogP contribution in [0.4, 0.5) is 0 Å². The first kappa shape index (κ1) is 24.6. The second-order valence-corrected chi connectivity index (χ2v) is 11.8. The number of carbonyl (C=O) groups is 1. The Morgan fingerprint density at radius 2 is 2.00 bits per heavy atom. The lowest BCUT2D eigenvalue weighted by Gasteiger charge is -2.43. The molecule has 1 unspecified atom stereocenters. The van der Waals surface area contributed by atoms with Gasteiger partial charge in [-0.3, -0.25) is 14.2 Å². The Kier molecular flexibility index (Phi) is 6.83. The van der Waals surface area contributed by atoms with E-state index >= 15 is 0 Å². The molecule has 1 atom stereocenters. The summed E-state index contributed by atoms with van der Waals surface area (Å²) >= 11 is 1.32. The summed E-state index contributed by atoms with van der Waals surface area (Å²) in [5.41, 5.74) is 3.69. The molecule has 1 spiro atoms. The number of benzene rings is 1. The SMILES string of the molecule is CCOC(=O)CSc1nc2c(c(=O)n1C1CCOC(C)(C)C1)C1(CCCCC1)Cc1ccccc1-2. The summed E-state index contributed by atoms with van der Waals surface area (Å²) in [6.07, 6.45) is 7.98. The van der Waals surface area contributed by atoms with E-state index in [0.717, 1.165) is 61.8 Å². The molecule has 1 aliphatic heterocycles. The molecule has 0 radical (unpaired) electrons. The molecule has 5 rings (SSSR count). The predicted octanol–water partition coefficient (Wildman–Crippen LogP) is 5.45. The molecule has 2 aromatic rings. The van der Waals surface area contributed by atoms with Crippen molar-refractivity contribution in [3.63, 3.8) is 0 Å². The van der Waals surface area contributed by atoms with Crippen molar-refractivity contribution in [1.29, 1.82) is 0 Å². The van der Waals surface area contributed by atoms with E-state index in [4.69, 9.17) is 14.5 Å². The van der Waals surface area contributed by atoms with Crippen LogP contribution in [0, 0.1) is 0 Å². The summed E-state index contributed by atoms with van der Waals surface area (Å²) in [4.78, 5) is 32.0. The summed E-state index contributed by atoms with van der Waals surface area (Å²) in [5, 5.41) is 0.618. The van der Waals surface area contributed by atoms with E-state index in [1.807, 2.05) is 10.6 Å². The zero-order chi connectivity index (χ0) is 24.6. The number of ether oxygens (including phenoxy) is 2. The highest BCUT2D eigenvalue weighted by Gasteiger charge is 2.44. The van der Waals surface area contributed by atoms with Gasteiger partial charge in [0, 0.05) is 23.6 Å². The number of fused-ring (bicyclic) bond motifs is 4. The second kappa shape index (κ2) is 9.74. The first-order valence-corrected chi connectivity index (χ1v) is 14.0. The maximum atomic E-state index is 14.6. The lowest BCUT2D eigenvalue weighted by atomic mass is 9.62. The van der Waals surface area contributed by atoms with Crippen LogP contribution in [-0.4, -0.2) is 40.1 Å². The van der Waals surface area contributed by atoms with E-state index < -0.39 is 0 Å². The Balaban J connectivity index is 1.70. The quantitative estimate of drug-likeness (QED) is 0.311. The fourth-order valence-corrected chi connectivity index (χ4v) is 7.23. The zero-order valence-corrected chi connectivity index (χ0v) is 21.9. The highest BCUT2D eigenvalue weighted by Crippen LogP contribution is 2.49. The van der Waals surface area contributed by atoms with Crippen LogP contribution in [0.2, 0.25) is 0 Å². The van der Waals surface area contributed by atoms with Crippen LogP contribution in [0.1, 0.15) is 82.9 Å². The van der Waals surface area contributed by atoms with Gasteiger partial charge in [0.15, 0.2) is 5.16 Å². The van der Waals surface area contributed by atoms with Gasteiger partial charge < -0.3 is 9.47 Å². The molecule has 2 aliphatic carbocycles. The molecule has 188 valence electrons. The fraction of sp³-hybridized carbons (Fsp3) is 0.607. The van der Waals surface area contributed by atoms with Crippen molar-refractivity contribution in [2.75, 3.05) is 19.0 Å². The van der Waals surface area contributed by atoms with Crippen molar-refractivity contribution in [2.45, 2.75) is 94.4 Å². The third-order valence-corrected chi connectivity index (χ3v) is 8.81. The number of hydrogen-bond donors (Lipinski definition) is 0. The average molecular weight is 497 g/mol. The summed E-state index contributed by atoms with van der Waals surface area (Å²) in [6.45, 7) is 6.92. The molecule has 1 aromatic carbocycles. The fourth-order valence-electron chi connectivity index (χ4n) is 6.37. The summed E-state index contributed by atoms with van der Waals surface area (Å²) < 4.78 is 13.1. The molecule has 0 bridgehead atoms. The summed E-state index contributed by atoms with van der Waals surface area (Å²) in [6, 6.07) is 8.39. The smallest absolute Gasteiger partial charge is 0.316 e. The van der Waals surface area contributed by atoms with Crippen LogP contribution in [0.5, 0.6) is 0 Å². The van der Waals surface area contributed by atoms with Gasteiger partial charge >= 0.3 is 5.97 Å². The maximum Gasteiger partial charge on any atom is 0.316 e. The van der Waals surface area contributed by atoms with Crippen molar-refractivity contribution >= 4 is 17.7 Å². The number of aromatic nitrogens is 2. The van der Waals surface area contributed by atoms with E-state index in [2.05, 4.69) is 32.0 Å². The Morgan fingerprint density at radius 1 is 1.23 bits per heavy atom. The van der Waals surface area contributed by atoms with Gasteiger partial charge in [0.2, 0.25) is 0 Å². The molecule has 0 N–H and O–H groups in total. The third kappa shape index (κ3) is 4.69. The van der Waals surface area contributed by atoms with Crippen LogP contribution in [0.15, 0.2) is 34.2 Å². The van der Waals surface area contributed by atoms with Gasteiger partial charge in [0.05, 0.1) is 29.2 Å². The number of thioether (sulfide) groups is 1. The topological polar surface area (TPSA) is 70.4 Å². The van der Waals surface area contributed by atoms with Gasteiger partial charge in [-0.25, -0.2) is 4.98 Å². The highest BCUT2D eigenvalue weighted by atomic mass is 32.2. The van der Waals surface area contributed by atoms with E-state index in [1.54, 1.807) is 6.92 Å². The van der Waals surface area contributed by atoms with E-state index in [-0.39, 0.29) is 34.3 Å². The lowest BCUT2D eigenvalue weighted by Crippen LogP contribution is -2.45. The zero-order valence-electron chi connectivity index (χ0n) is 21.1. The number of hydrogen-bond acceptors (Lipinski definition) is 6. The molecule has 6 nitrogen and oxygen atoms in total. The van der Waals surface area contributed by atoms with Gasteiger partial charge in [-0.05, 0) is 58.4 Å². The Hall–Kier alpha value is -2.12. The van der Waals surface area contributed by atoms with Crippen LogP contribution in [-0.2, 0) is 26.1 Å². The predicted molar refractivity (Wildman–Crippen MR) is 138 cm³/mol. The van der Waals surface area contributed by atoms with E-state index in [9.17, 15) is 9.59 Å². The molecule has 0 amide bonds. The van der Waals surface area contributed by atoms with Gasteiger partial charge in [0.25, 0.3) is 5.56 Å². The van der Waals surface area contributed by atoms with Crippen molar-refractivity contribution in [1.82, 2.24) is 9.55 Å². The first-order chi connectivity index (χ1) is 16.8. The minimum absolute atomic E-state index is 0.00782. The minimum atomic E-state index is -0.309. The van der Waals surface area contributed by atoms with Gasteiger partial charge in [-0.15, -0.1) is 0 Å². The molecule has 1 saturated carbocycles. The highest BCUT2D eigenvalue weighted by molar-refractivity contribution is 7.99. The first-order valence-electron chi connectivity index (χ1n) is 13.0.